The van der Waals surface area contributed by atoms with Crippen LogP contribution in [0, 0.1) is 16.7 Å². The molecule has 4 atom stereocenters. The van der Waals surface area contributed by atoms with Crippen LogP contribution < -0.4 is 5.32 Å². The maximum Gasteiger partial charge on any atom is 0.239 e. The van der Waals surface area contributed by atoms with E-state index in [9.17, 15) is 4.79 Å². The van der Waals surface area contributed by atoms with E-state index in [2.05, 4.69) is 37.9 Å². The number of carbonyl (C=O) groups excluding carboxylic acids is 1. The summed E-state index contributed by atoms with van der Waals surface area (Å²) in [5, 5.41) is 3.75. The maximum absolute atomic E-state index is 12.7. The van der Waals surface area contributed by atoms with Gasteiger partial charge in [-0.15, -0.1) is 0 Å². The molecule has 0 aromatic carbocycles. The predicted molar refractivity (Wildman–Crippen MR) is 86.0 cm³/mol. The van der Waals surface area contributed by atoms with E-state index in [0.717, 1.165) is 19.0 Å². The van der Waals surface area contributed by atoms with E-state index in [1.165, 1.54) is 38.5 Å². The number of nitrogens with zero attached hydrogens (tertiary/aromatic N) is 1. The van der Waals surface area contributed by atoms with Crippen molar-refractivity contribution in [2.75, 3.05) is 13.1 Å². The lowest BCUT2D eigenvalue weighted by Gasteiger charge is -2.45. The predicted octanol–water partition coefficient (Wildman–Crippen LogP) is 3.19. The van der Waals surface area contributed by atoms with Crippen LogP contribution in [0.5, 0.6) is 0 Å². The number of nitrogens with one attached hydrogen (secondary N) is 1. The van der Waals surface area contributed by atoms with Gasteiger partial charge >= 0.3 is 0 Å². The first-order valence-corrected chi connectivity index (χ1v) is 8.89. The minimum atomic E-state index is -0.0384. The second kappa shape index (κ2) is 5.26. The molecule has 1 aliphatic heterocycles. The fourth-order valence-electron chi connectivity index (χ4n) is 5.43. The monoisotopic (exact) mass is 292 g/mol. The molecule has 2 aliphatic carbocycles. The minimum absolute atomic E-state index is 0.0384. The van der Waals surface area contributed by atoms with Gasteiger partial charge in [-0.3, -0.25) is 4.79 Å². The van der Waals surface area contributed by atoms with E-state index in [0.29, 0.717) is 22.8 Å². The molecule has 1 saturated heterocycles. The van der Waals surface area contributed by atoms with Crippen molar-refractivity contribution in [2.45, 2.75) is 78.3 Å². The Morgan fingerprint density at radius 2 is 1.86 bits per heavy atom. The zero-order chi connectivity index (χ0) is 15.3. The minimum Gasteiger partial charge on any atom is -0.341 e. The average molecular weight is 292 g/mol. The molecule has 0 aromatic heterocycles. The summed E-state index contributed by atoms with van der Waals surface area (Å²) in [5.74, 6) is 1.15. The highest BCUT2D eigenvalue weighted by Crippen LogP contribution is 2.62. The zero-order valence-corrected chi connectivity index (χ0v) is 14.2. The molecular formula is C18H32N2O. The topological polar surface area (TPSA) is 32.3 Å². The van der Waals surface area contributed by atoms with Crippen LogP contribution in [-0.2, 0) is 4.79 Å². The zero-order valence-electron chi connectivity index (χ0n) is 14.2. The number of carbonyl (C=O) groups is 1. The Morgan fingerprint density at radius 3 is 2.43 bits per heavy atom. The molecule has 1 heterocycles. The van der Waals surface area contributed by atoms with Gasteiger partial charge in [-0.25, -0.2) is 0 Å². The fraction of sp³-hybridized carbons (Fsp3) is 0.944. The van der Waals surface area contributed by atoms with Crippen LogP contribution in [-0.4, -0.2) is 36.0 Å². The highest BCUT2D eigenvalue weighted by atomic mass is 16.2. The van der Waals surface area contributed by atoms with Crippen molar-refractivity contribution in [3.05, 3.63) is 0 Å². The lowest BCUT2D eigenvalue weighted by Crippen LogP contribution is -2.57. The first kappa shape index (κ1) is 15.3. The van der Waals surface area contributed by atoms with Crippen LogP contribution in [0.2, 0.25) is 0 Å². The second-order valence-corrected chi connectivity index (χ2v) is 8.62. The number of hydrogen-bond acceptors (Lipinski definition) is 2. The molecule has 21 heavy (non-hydrogen) atoms. The first-order chi connectivity index (χ1) is 9.84. The van der Waals surface area contributed by atoms with Gasteiger partial charge in [0.1, 0.15) is 0 Å². The van der Waals surface area contributed by atoms with Gasteiger partial charge in [0, 0.05) is 19.1 Å². The number of rotatable bonds is 3. The lowest BCUT2D eigenvalue weighted by molar-refractivity contribution is -0.134. The normalized spacial score (nSPS) is 39.5. The van der Waals surface area contributed by atoms with E-state index in [1.54, 1.807) is 0 Å². The van der Waals surface area contributed by atoms with Gasteiger partial charge in [-0.2, -0.15) is 0 Å². The Balaban J connectivity index is 1.66. The Bertz CT molecular complexity index is 409. The van der Waals surface area contributed by atoms with Crippen LogP contribution >= 0.6 is 0 Å². The van der Waals surface area contributed by atoms with Gasteiger partial charge in [-0.1, -0.05) is 20.8 Å². The Labute approximate surface area is 129 Å². The average Bonchev–Trinajstić information content (AvgIpc) is 2.94. The highest BCUT2D eigenvalue weighted by Gasteiger charge is 2.59. The van der Waals surface area contributed by atoms with Gasteiger partial charge in [0.15, 0.2) is 0 Å². The molecule has 120 valence electrons. The highest BCUT2D eigenvalue weighted by molar-refractivity contribution is 5.81. The molecule has 3 nitrogen and oxygen atoms in total. The largest absolute Gasteiger partial charge is 0.341 e. The summed E-state index contributed by atoms with van der Waals surface area (Å²) in [6.45, 7) is 11.2. The van der Waals surface area contributed by atoms with E-state index < -0.39 is 0 Å². The molecular weight excluding hydrogens is 260 g/mol. The van der Waals surface area contributed by atoms with Gasteiger partial charge < -0.3 is 10.2 Å². The molecule has 1 amide bonds. The van der Waals surface area contributed by atoms with Crippen molar-refractivity contribution in [2.24, 2.45) is 16.7 Å². The Morgan fingerprint density at radius 1 is 1.19 bits per heavy atom. The SMILES string of the molecule is CC(NC1C2(C)CCC(C2)C1(C)C)C(=O)N1CCCCC1. The number of hydrogen-bond donors (Lipinski definition) is 1. The molecule has 1 N–H and O–H groups in total. The van der Waals surface area contributed by atoms with Crippen molar-refractivity contribution < 1.29 is 4.79 Å². The third kappa shape index (κ3) is 2.52. The van der Waals surface area contributed by atoms with Gasteiger partial charge in [0.05, 0.1) is 6.04 Å². The van der Waals surface area contributed by atoms with E-state index >= 15 is 0 Å². The van der Waals surface area contributed by atoms with Gasteiger partial charge in [0.2, 0.25) is 5.91 Å². The smallest absolute Gasteiger partial charge is 0.239 e. The third-order valence-electron chi connectivity index (χ3n) is 6.72. The van der Waals surface area contributed by atoms with E-state index in [-0.39, 0.29) is 6.04 Å². The summed E-state index contributed by atoms with van der Waals surface area (Å²) >= 11 is 0. The molecule has 0 radical (unpaired) electrons. The second-order valence-electron chi connectivity index (χ2n) is 8.62. The van der Waals surface area contributed by atoms with Crippen LogP contribution in [0.1, 0.15) is 66.2 Å². The summed E-state index contributed by atoms with van der Waals surface area (Å²) in [4.78, 5) is 14.7. The van der Waals surface area contributed by atoms with Crippen molar-refractivity contribution in [1.29, 1.82) is 0 Å². The number of fused-ring (bicyclic) bond motifs is 2. The summed E-state index contributed by atoms with van der Waals surface area (Å²) in [6, 6.07) is 0.441. The number of piperidine rings is 1. The van der Waals surface area contributed by atoms with Gasteiger partial charge in [-0.05, 0) is 62.2 Å². The number of amides is 1. The summed E-state index contributed by atoms with van der Waals surface area (Å²) in [6.07, 6.45) is 7.66. The molecule has 0 spiro atoms. The summed E-state index contributed by atoms with van der Waals surface area (Å²) in [5.41, 5.74) is 0.716. The Kier molecular flexibility index (Phi) is 3.84. The van der Waals surface area contributed by atoms with Crippen molar-refractivity contribution in [3.8, 4) is 0 Å². The summed E-state index contributed by atoms with van der Waals surface area (Å²) < 4.78 is 0. The molecule has 2 saturated carbocycles. The Hall–Kier alpha value is -0.570. The number of likely N-dealkylation sites (tertiary alicyclic amines) is 1. The van der Waals surface area contributed by atoms with Gasteiger partial charge in [0.25, 0.3) is 0 Å². The first-order valence-electron chi connectivity index (χ1n) is 8.89. The van der Waals surface area contributed by atoms with Crippen LogP contribution in [0.3, 0.4) is 0 Å². The van der Waals surface area contributed by atoms with E-state index in [4.69, 9.17) is 0 Å². The van der Waals surface area contributed by atoms with Crippen LogP contribution in [0.25, 0.3) is 0 Å². The van der Waals surface area contributed by atoms with E-state index in [1.807, 2.05) is 0 Å². The maximum atomic E-state index is 12.7. The molecule has 4 unspecified atom stereocenters. The lowest BCUT2D eigenvalue weighted by atomic mass is 9.68. The standard InChI is InChI=1S/C18H32N2O/c1-13(15(21)20-10-6-5-7-11-20)19-16-17(2,3)14-8-9-18(16,4)12-14/h13-14,16,19H,5-12H2,1-4H3. The molecule has 3 fully saturated rings. The quantitative estimate of drug-likeness (QED) is 0.866. The van der Waals surface area contributed by atoms with Crippen molar-refractivity contribution in [1.82, 2.24) is 10.2 Å². The van der Waals surface area contributed by atoms with Crippen LogP contribution in [0.15, 0.2) is 0 Å². The summed E-state index contributed by atoms with van der Waals surface area (Å²) in [7, 11) is 0. The molecule has 3 rings (SSSR count). The third-order valence-corrected chi connectivity index (χ3v) is 6.72. The molecule has 0 aromatic rings. The fourth-order valence-corrected chi connectivity index (χ4v) is 5.43. The molecule has 3 aliphatic rings. The molecule has 3 heteroatoms. The van der Waals surface area contributed by atoms with Crippen molar-refractivity contribution in [3.63, 3.8) is 0 Å². The van der Waals surface area contributed by atoms with Crippen molar-refractivity contribution >= 4 is 5.91 Å². The molecule has 2 bridgehead atoms. The van der Waals surface area contributed by atoms with Crippen LogP contribution in [0.4, 0.5) is 0 Å².